The number of methoxy groups -OCH3 is 1. The summed E-state index contributed by atoms with van der Waals surface area (Å²) in [6, 6.07) is 13.2. The highest BCUT2D eigenvalue weighted by Crippen LogP contribution is 2.41. The zero-order chi connectivity index (χ0) is 21.5. The summed E-state index contributed by atoms with van der Waals surface area (Å²) in [6.07, 6.45) is 0.127. The van der Waals surface area contributed by atoms with E-state index >= 15 is 0 Å². The average Bonchev–Trinajstić information content (AvgIpc) is 3.15. The summed E-state index contributed by atoms with van der Waals surface area (Å²) in [4.78, 5) is 19.1. The summed E-state index contributed by atoms with van der Waals surface area (Å²) in [5.74, 6) is 0.568. The lowest BCUT2D eigenvalue weighted by Crippen LogP contribution is -2.37. The summed E-state index contributed by atoms with van der Waals surface area (Å²) < 4.78 is 29.8. The minimum atomic E-state index is -3.09. The number of rotatable bonds is 4. The van der Waals surface area contributed by atoms with Gasteiger partial charge in [-0.25, -0.2) is 8.42 Å². The van der Waals surface area contributed by atoms with Gasteiger partial charge in [-0.2, -0.15) is 4.99 Å². The van der Waals surface area contributed by atoms with E-state index in [0.29, 0.717) is 10.9 Å². The average molecular weight is 445 g/mol. The number of para-hydroxylation sites is 1. The van der Waals surface area contributed by atoms with Crippen LogP contribution in [0.1, 0.15) is 16.7 Å². The molecule has 30 heavy (non-hydrogen) atoms. The highest BCUT2D eigenvalue weighted by Gasteiger charge is 2.49. The molecule has 4 rings (SSSR count). The molecule has 2 aromatic rings. The molecule has 0 saturated carbocycles. The number of amidine groups is 1. The van der Waals surface area contributed by atoms with Crippen molar-refractivity contribution in [1.82, 2.24) is 0 Å². The molecule has 2 fully saturated rings. The van der Waals surface area contributed by atoms with Gasteiger partial charge >= 0.3 is 0 Å². The van der Waals surface area contributed by atoms with E-state index in [4.69, 9.17) is 4.74 Å². The van der Waals surface area contributed by atoms with Crippen LogP contribution in [0.5, 0.6) is 5.75 Å². The maximum absolute atomic E-state index is 12.8. The highest BCUT2D eigenvalue weighted by atomic mass is 32.2. The molecule has 0 unspecified atom stereocenters. The monoisotopic (exact) mass is 444 g/mol. The minimum Gasteiger partial charge on any atom is -0.496 e. The van der Waals surface area contributed by atoms with Gasteiger partial charge < -0.3 is 9.64 Å². The number of anilines is 1. The SMILES string of the molecule is COc1ccccc1CC(=O)N=C1S[C@@H]2CS(=O)(=O)C[C@@H]2N1c1ccc(C)c(C)c1. The van der Waals surface area contributed by atoms with Gasteiger partial charge in [-0.1, -0.05) is 36.0 Å². The van der Waals surface area contributed by atoms with Gasteiger partial charge in [0, 0.05) is 16.5 Å². The predicted octanol–water partition coefficient (Wildman–Crippen LogP) is 3.16. The molecule has 2 heterocycles. The Hall–Kier alpha value is -2.32. The first-order valence-corrected chi connectivity index (χ1v) is 12.4. The number of nitrogens with zero attached hydrogens (tertiary/aromatic N) is 2. The molecular weight excluding hydrogens is 420 g/mol. The van der Waals surface area contributed by atoms with E-state index in [-0.39, 0.29) is 35.1 Å². The Kier molecular flexibility index (Phi) is 5.63. The lowest BCUT2D eigenvalue weighted by molar-refractivity contribution is -0.117. The Balaban J connectivity index is 1.66. The van der Waals surface area contributed by atoms with Crippen molar-refractivity contribution in [2.45, 2.75) is 31.6 Å². The van der Waals surface area contributed by atoms with Crippen molar-refractivity contribution in [1.29, 1.82) is 0 Å². The van der Waals surface area contributed by atoms with Crippen LogP contribution in [-0.2, 0) is 21.1 Å². The Labute approximate surface area is 181 Å². The maximum Gasteiger partial charge on any atom is 0.252 e. The Morgan fingerprint density at radius 3 is 2.67 bits per heavy atom. The first kappa shape index (κ1) is 20.9. The fourth-order valence-electron chi connectivity index (χ4n) is 3.90. The van der Waals surface area contributed by atoms with Crippen LogP contribution in [0.2, 0.25) is 0 Å². The standard InChI is InChI=1S/C22H24N2O4S2/c1-14-8-9-17(10-15(14)2)24-18-12-30(26,27)13-20(18)29-22(24)23-21(25)11-16-6-4-5-7-19(16)28-3/h4-10,18,20H,11-13H2,1-3H3/t18-,20+/m0/s1. The second kappa shape index (κ2) is 8.07. The molecule has 0 N–H and O–H groups in total. The lowest BCUT2D eigenvalue weighted by Gasteiger charge is -2.25. The van der Waals surface area contributed by atoms with Crippen molar-refractivity contribution in [3.8, 4) is 5.75 Å². The first-order valence-electron chi connectivity index (χ1n) is 9.74. The molecule has 0 radical (unpaired) electrons. The Morgan fingerprint density at radius 1 is 1.17 bits per heavy atom. The molecule has 158 valence electrons. The zero-order valence-corrected chi connectivity index (χ0v) is 18.8. The second-order valence-electron chi connectivity index (χ2n) is 7.72. The molecule has 2 saturated heterocycles. The third kappa shape index (κ3) is 4.11. The van der Waals surface area contributed by atoms with Crippen molar-refractivity contribution in [2.24, 2.45) is 4.99 Å². The van der Waals surface area contributed by atoms with Crippen molar-refractivity contribution in [3.63, 3.8) is 0 Å². The molecule has 0 aliphatic carbocycles. The molecule has 2 aliphatic rings. The molecular formula is C22H24N2O4S2. The molecule has 2 atom stereocenters. The van der Waals surface area contributed by atoms with E-state index in [0.717, 1.165) is 22.4 Å². The molecule has 2 aromatic carbocycles. The van der Waals surface area contributed by atoms with Crippen LogP contribution in [-0.4, -0.2) is 49.4 Å². The molecule has 0 aromatic heterocycles. The first-order chi connectivity index (χ1) is 14.3. The Bertz CT molecular complexity index is 1130. The molecule has 2 aliphatic heterocycles. The zero-order valence-electron chi connectivity index (χ0n) is 17.2. The molecule has 1 amide bonds. The van der Waals surface area contributed by atoms with Crippen molar-refractivity contribution < 1.29 is 17.9 Å². The second-order valence-corrected chi connectivity index (χ2v) is 11.1. The topological polar surface area (TPSA) is 76.0 Å². The number of ether oxygens (including phenoxy) is 1. The summed E-state index contributed by atoms with van der Waals surface area (Å²) in [7, 11) is -1.52. The predicted molar refractivity (Wildman–Crippen MR) is 121 cm³/mol. The van der Waals surface area contributed by atoms with E-state index in [1.807, 2.05) is 61.2 Å². The largest absolute Gasteiger partial charge is 0.496 e. The number of aliphatic imine (C=N–C) groups is 1. The van der Waals surface area contributed by atoms with E-state index < -0.39 is 9.84 Å². The van der Waals surface area contributed by atoms with Crippen LogP contribution < -0.4 is 9.64 Å². The number of sulfone groups is 1. The van der Waals surface area contributed by atoms with E-state index in [2.05, 4.69) is 4.99 Å². The summed E-state index contributed by atoms with van der Waals surface area (Å²) >= 11 is 1.39. The van der Waals surface area contributed by atoms with Crippen molar-refractivity contribution in [2.75, 3.05) is 23.5 Å². The number of carbonyl (C=O) groups is 1. The summed E-state index contributed by atoms with van der Waals surface area (Å²) in [5.41, 5.74) is 3.92. The molecule has 0 spiro atoms. The van der Waals surface area contributed by atoms with Gasteiger partial charge in [-0.15, -0.1) is 0 Å². The normalized spacial score (nSPS) is 23.6. The van der Waals surface area contributed by atoms with Gasteiger partial charge in [-0.05, 0) is 43.2 Å². The highest BCUT2D eigenvalue weighted by molar-refractivity contribution is 8.16. The summed E-state index contributed by atoms with van der Waals surface area (Å²) in [6.45, 7) is 4.06. The van der Waals surface area contributed by atoms with Gasteiger partial charge in [0.1, 0.15) is 5.75 Å². The van der Waals surface area contributed by atoms with E-state index in [9.17, 15) is 13.2 Å². The number of thioether (sulfide) groups is 1. The van der Waals surface area contributed by atoms with E-state index in [1.165, 1.54) is 11.8 Å². The third-order valence-corrected chi connectivity index (χ3v) is 8.80. The van der Waals surface area contributed by atoms with Crippen LogP contribution in [0, 0.1) is 13.8 Å². The van der Waals surface area contributed by atoms with Gasteiger partial charge in [0.2, 0.25) is 0 Å². The number of fused-ring (bicyclic) bond motifs is 1. The van der Waals surface area contributed by atoms with Crippen LogP contribution in [0.4, 0.5) is 5.69 Å². The quantitative estimate of drug-likeness (QED) is 0.721. The molecule has 8 heteroatoms. The Morgan fingerprint density at radius 2 is 1.93 bits per heavy atom. The number of hydrogen-bond donors (Lipinski definition) is 0. The van der Waals surface area contributed by atoms with Gasteiger partial charge in [0.25, 0.3) is 5.91 Å². The van der Waals surface area contributed by atoms with Crippen molar-refractivity contribution in [3.05, 3.63) is 59.2 Å². The minimum absolute atomic E-state index is 0.0807. The number of aryl methyl sites for hydroxylation is 2. The number of amides is 1. The summed E-state index contributed by atoms with van der Waals surface area (Å²) in [5, 5.41) is 0.456. The number of benzene rings is 2. The van der Waals surface area contributed by atoms with Crippen LogP contribution in [0.3, 0.4) is 0 Å². The van der Waals surface area contributed by atoms with E-state index in [1.54, 1.807) is 7.11 Å². The van der Waals surface area contributed by atoms with Crippen LogP contribution >= 0.6 is 11.8 Å². The third-order valence-electron chi connectivity index (χ3n) is 5.59. The fourth-order valence-corrected chi connectivity index (χ4v) is 7.83. The van der Waals surface area contributed by atoms with Gasteiger partial charge in [-0.3, -0.25) is 4.79 Å². The maximum atomic E-state index is 12.8. The lowest BCUT2D eigenvalue weighted by atomic mass is 10.1. The number of hydrogen-bond acceptors (Lipinski definition) is 5. The van der Waals surface area contributed by atoms with Crippen molar-refractivity contribution >= 4 is 38.4 Å². The fraction of sp³-hybridized carbons (Fsp3) is 0.364. The molecule has 6 nitrogen and oxygen atoms in total. The smallest absolute Gasteiger partial charge is 0.252 e. The van der Waals surface area contributed by atoms with Crippen LogP contribution in [0.15, 0.2) is 47.5 Å². The van der Waals surface area contributed by atoms with Crippen LogP contribution in [0.25, 0.3) is 0 Å². The molecule has 0 bridgehead atoms. The van der Waals surface area contributed by atoms with Gasteiger partial charge in [0.05, 0.1) is 31.1 Å². The number of carbonyl (C=O) groups excluding carboxylic acids is 1. The van der Waals surface area contributed by atoms with Gasteiger partial charge in [0.15, 0.2) is 15.0 Å².